The van der Waals surface area contributed by atoms with Gasteiger partial charge in [-0.1, -0.05) is 32.1 Å². The Hall–Kier alpha value is -1.05. The van der Waals surface area contributed by atoms with Crippen LogP contribution in [-0.2, 0) is 0 Å². The lowest BCUT2D eigenvalue weighted by molar-refractivity contribution is 0.384. The lowest BCUT2D eigenvalue weighted by Gasteiger charge is -2.22. The number of allylic oxidation sites excluding steroid dienone is 2. The average Bonchev–Trinajstić information content (AvgIpc) is 2.18. The smallest absolute Gasteiger partial charge is 0.0525 e. The van der Waals surface area contributed by atoms with E-state index in [0.29, 0.717) is 12.6 Å². The van der Waals surface area contributed by atoms with Crippen molar-refractivity contribution in [1.29, 1.82) is 5.41 Å². The second kappa shape index (κ2) is 3.77. The predicted octanol–water partition coefficient (Wildman–Crippen LogP) is 2.44. The van der Waals surface area contributed by atoms with Gasteiger partial charge in [-0.3, -0.25) is 0 Å². The first kappa shape index (κ1) is 10.0. The summed E-state index contributed by atoms with van der Waals surface area (Å²) in [5.41, 5.74) is 0.144. The third-order valence-electron chi connectivity index (χ3n) is 2.33. The van der Waals surface area contributed by atoms with E-state index in [1.165, 1.54) is 6.21 Å². The zero-order valence-electron chi connectivity index (χ0n) is 8.62. The fourth-order valence-electron chi connectivity index (χ4n) is 1.31. The molecule has 1 rings (SSSR count). The summed E-state index contributed by atoms with van der Waals surface area (Å²) >= 11 is 0. The van der Waals surface area contributed by atoms with Crippen LogP contribution in [0, 0.1) is 10.8 Å². The Kier molecular flexibility index (Phi) is 2.91. The van der Waals surface area contributed by atoms with E-state index in [0.717, 1.165) is 0 Å². The van der Waals surface area contributed by atoms with Crippen LogP contribution in [-0.4, -0.2) is 23.7 Å². The molecule has 0 radical (unpaired) electrons. The van der Waals surface area contributed by atoms with Gasteiger partial charge in [-0.15, -0.1) is 0 Å². The summed E-state index contributed by atoms with van der Waals surface area (Å²) in [5.74, 6) is 0. The first-order valence-electron chi connectivity index (χ1n) is 4.68. The van der Waals surface area contributed by atoms with Gasteiger partial charge in [-0.05, 0) is 13.1 Å². The van der Waals surface area contributed by atoms with E-state index < -0.39 is 0 Å². The molecule has 1 aliphatic rings. The SMILES string of the molecule is CC1C=CC(C)(C)C=CN1CC=N. The van der Waals surface area contributed by atoms with Crippen LogP contribution in [0.15, 0.2) is 24.4 Å². The van der Waals surface area contributed by atoms with Crippen LogP contribution in [0.5, 0.6) is 0 Å². The zero-order valence-corrected chi connectivity index (χ0v) is 8.62. The Bertz CT molecular complexity index is 238. The number of rotatable bonds is 2. The summed E-state index contributed by atoms with van der Waals surface area (Å²) in [6.45, 7) is 7.20. The Labute approximate surface area is 80.4 Å². The standard InChI is InChI=1S/C11H18N2/c1-10-4-5-11(2,3)6-8-13(10)9-7-12/h4-8,10,12H,9H2,1-3H3. The Morgan fingerprint density at radius 3 is 2.77 bits per heavy atom. The third-order valence-corrected chi connectivity index (χ3v) is 2.33. The minimum Gasteiger partial charge on any atom is -0.366 e. The molecule has 1 N–H and O–H groups in total. The van der Waals surface area contributed by atoms with Gasteiger partial charge in [0.25, 0.3) is 0 Å². The number of nitrogens with one attached hydrogen (secondary N) is 1. The normalized spacial score (nSPS) is 25.8. The van der Waals surface area contributed by atoms with Gasteiger partial charge in [0.15, 0.2) is 0 Å². The highest BCUT2D eigenvalue weighted by molar-refractivity contribution is 5.55. The topological polar surface area (TPSA) is 27.1 Å². The van der Waals surface area contributed by atoms with Crippen LogP contribution < -0.4 is 0 Å². The van der Waals surface area contributed by atoms with Crippen molar-refractivity contribution in [1.82, 2.24) is 4.90 Å². The summed E-state index contributed by atoms with van der Waals surface area (Å²) in [4.78, 5) is 2.15. The highest BCUT2D eigenvalue weighted by Crippen LogP contribution is 2.23. The summed E-state index contributed by atoms with van der Waals surface area (Å²) in [6, 6.07) is 0.389. The minimum atomic E-state index is 0.144. The van der Waals surface area contributed by atoms with E-state index in [1.807, 2.05) is 0 Å². The molecular weight excluding hydrogens is 160 g/mol. The van der Waals surface area contributed by atoms with Gasteiger partial charge in [0, 0.05) is 17.7 Å². The van der Waals surface area contributed by atoms with Crippen LogP contribution in [0.25, 0.3) is 0 Å². The first-order valence-corrected chi connectivity index (χ1v) is 4.68. The zero-order chi connectivity index (χ0) is 9.90. The second-order valence-electron chi connectivity index (χ2n) is 4.14. The van der Waals surface area contributed by atoms with E-state index in [-0.39, 0.29) is 5.41 Å². The largest absolute Gasteiger partial charge is 0.366 e. The van der Waals surface area contributed by atoms with Gasteiger partial charge < -0.3 is 10.3 Å². The molecule has 2 nitrogen and oxygen atoms in total. The van der Waals surface area contributed by atoms with Crippen LogP contribution in [0.2, 0.25) is 0 Å². The fraction of sp³-hybridized carbons (Fsp3) is 0.545. The molecule has 2 heteroatoms. The van der Waals surface area contributed by atoms with E-state index in [9.17, 15) is 0 Å². The maximum Gasteiger partial charge on any atom is 0.0525 e. The number of hydrogen-bond acceptors (Lipinski definition) is 2. The average molecular weight is 178 g/mol. The van der Waals surface area contributed by atoms with Crippen LogP contribution in [0.4, 0.5) is 0 Å². The van der Waals surface area contributed by atoms with Crippen LogP contribution >= 0.6 is 0 Å². The number of nitrogens with zero attached hydrogens (tertiary/aromatic N) is 1. The van der Waals surface area contributed by atoms with Gasteiger partial charge >= 0.3 is 0 Å². The van der Waals surface area contributed by atoms with Gasteiger partial charge in [-0.2, -0.15) is 0 Å². The van der Waals surface area contributed by atoms with E-state index in [2.05, 4.69) is 50.1 Å². The van der Waals surface area contributed by atoms with Crippen LogP contribution in [0.3, 0.4) is 0 Å². The molecule has 0 aliphatic carbocycles. The molecule has 1 heterocycles. The molecule has 72 valence electrons. The lowest BCUT2D eigenvalue weighted by Crippen LogP contribution is -2.27. The lowest BCUT2D eigenvalue weighted by atomic mass is 9.93. The second-order valence-corrected chi connectivity index (χ2v) is 4.14. The van der Waals surface area contributed by atoms with Gasteiger partial charge in [-0.25, -0.2) is 0 Å². The Morgan fingerprint density at radius 1 is 1.46 bits per heavy atom. The van der Waals surface area contributed by atoms with Crippen molar-refractivity contribution in [3.8, 4) is 0 Å². The van der Waals surface area contributed by atoms with E-state index in [1.54, 1.807) is 0 Å². The molecule has 0 saturated carbocycles. The molecule has 13 heavy (non-hydrogen) atoms. The molecular formula is C11H18N2. The molecule has 0 aromatic heterocycles. The maximum absolute atomic E-state index is 7.07. The molecule has 1 unspecified atom stereocenters. The molecule has 0 aromatic rings. The molecule has 1 aliphatic heterocycles. The first-order chi connectivity index (χ1) is 6.05. The van der Waals surface area contributed by atoms with Crippen LogP contribution in [0.1, 0.15) is 20.8 Å². The number of hydrogen-bond donors (Lipinski definition) is 1. The minimum absolute atomic E-state index is 0.144. The van der Waals surface area contributed by atoms with Crippen molar-refractivity contribution in [2.45, 2.75) is 26.8 Å². The summed E-state index contributed by atoms with van der Waals surface area (Å²) < 4.78 is 0. The molecule has 0 amide bonds. The van der Waals surface area contributed by atoms with Gasteiger partial charge in [0.1, 0.15) is 0 Å². The van der Waals surface area contributed by atoms with E-state index in [4.69, 9.17) is 5.41 Å². The summed E-state index contributed by atoms with van der Waals surface area (Å²) in [5, 5.41) is 7.07. The summed E-state index contributed by atoms with van der Waals surface area (Å²) in [7, 11) is 0. The van der Waals surface area contributed by atoms with Gasteiger partial charge in [0.05, 0.1) is 6.54 Å². The van der Waals surface area contributed by atoms with Crippen molar-refractivity contribution in [2.24, 2.45) is 5.41 Å². The third kappa shape index (κ3) is 2.72. The molecule has 0 fully saturated rings. The Morgan fingerprint density at radius 2 is 2.15 bits per heavy atom. The predicted molar refractivity (Wildman–Crippen MR) is 57.0 cm³/mol. The van der Waals surface area contributed by atoms with Gasteiger partial charge in [0.2, 0.25) is 0 Å². The molecule has 0 aromatic carbocycles. The molecule has 0 spiro atoms. The molecule has 0 bridgehead atoms. The van der Waals surface area contributed by atoms with Crippen molar-refractivity contribution in [2.75, 3.05) is 6.54 Å². The van der Waals surface area contributed by atoms with Crippen molar-refractivity contribution in [3.05, 3.63) is 24.4 Å². The monoisotopic (exact) mass is 178 g/mol. The molecule has 0 saturated heterocycles. The Balaban J connectivity index is 2.80. The highest BCUT2D eigenvalue weighted by atomic mass is 15.1. The fourth-order valence-corrected chi connectivity index (χ4v) is 1.31. The molecule has 1 atom stereocenters. The highest BCUT2D eigenvalue weighted by Gasteiger charge is 2.15. The van der Waals surface area contributed by atoms with E-state index >= 15 is 0 Å². The van der Waals surface area contributed by atoms with Crippen molar-refractivity contribution < 1.29 is 0 Å². The maximum atomic E-state index is 7.07. The quantitative estimate of drug-likeness (QED) is 0.510. The summed E-state index contributed by atoms with van der Waals surface area (Å²) in [6.07, 6.45) is 10.1. The van der Waals surface area contributed by atoms with Crippen molar-refractivity contribution in [3.63, 3.8) is 0 Å². The van der Waals surface area contributed by atoms with Crippen molar-refractivity contribution >= 4 is 6.21 Å².